The van der Waals surface area contributed by atoms with Crippen LogP contribution in [-0.2, 0) is 6.54 Å². The van der Waals surface area contributed by atoms with Gasteiger partial charge in [0.2, 0.25) is 0 Å². The lowest BCUT2D eigenvalue weighted by atomic mass is 9.94. The second kappa shape index (κ2) is 8.69. The minimum Gasteiger partial charge on any atom is -0.349 e. The number of hydrogen-bond acceptors (Lipinski definition) is 4. The van der Waals surface area contributed by atoms with Gasteiger partial charge in [-0.15, -0.1) is 0 Å². The maximum absolute atomic E-state index is 12.9. The lowest BCUT2D eigenvalue weighted by molar-refractivity contribution is 0.0778. The highest BCUT2D eigenvalue weighted by Gasteiger charge is 2.24. The van der Waals surface area contributed by atoms with Crippen molar-refractivity contribution >= 4 is 33.5 Å². The number of rotatable bonds is 5. The number of halogens is 1. The van der Waals surface area contributed by atoms with E-state index < -0.39 is 0 Å². The molecule has 1 saturated carbocycles. The summed E-state index contributed by atoms with van der Waals surface area (Å²) >= 11 is 6.11. The van der Waals surface area contributed by atoms with Crippen LogP contribution in [0.15, 0.2) is 29.3 Å². The largest absolute Gasteiger partial charge is 0.349 e. The molecule has 6 nitrogen and oxygen atoms in total. The van der Waals surface area contributed by atoms with Crippen LogP contribution in [0.3, 0.4) is 0 Å². The summed E-state index contributed by atoms with van der Waals surface area (Å²) in [6, 6.07) is 6.41. The quantitative estimate of drug-likeness (QED) is 0.671. The Labute approximate surface area is 181 Å². The van der Waals surface area contributed by atoms with Crippen molar-refractivity contribution < 1.29 is 0 Å². The summed E-state index contributed by atoms with van der Waals surface area (Å²) in [5.41, 5.74) is 2.16. The SMILES string of the molecule is O=c1c2[nH]c3ccc(Cl)cc3c2ncn1CCCN1CCN(C2CCCCC2)CC1. The number of aryl methyl sites for hydroxylation is 1. The molecular formula is C23H30ClN5O. The second-order valence-corrected chi connectivity index (χ2v) is 9.24. The van der Waals surface area contributed by atoms with Crippen LogP contribution in [0, 0.1) is 0 Å². The van der Waals surface area contributed by atoms with Crippen LogP contribution in [0.2, 0.25) is 5.02 Å². The fraction of sp³-hybridized carbons (Fsp3) is 0.565. The minimum absolute atomic E-state index is 0.00515. The molecule has 2 aromatic heterocycles. The van der Waals surface area contributed by atoms with Gasteiger partial charge in [0.05, 0.1) is 6.33 Å². The molecule has 0 bridgehead atoms. The maximum Gasteiger partial charge on any atom is 0.277 e. The monoisotopic (exact) mass is 427 g/mol. The molecule has 2 fully saturated rings. The van der Waals surface area contributed by atoms with Crippen molar-refractivity contribution in [2.75, 3.05) is 32.7 Å². The van der Waals surface area contributed by atoms with Gasteiger partial charge in [0.1, 0.15) is 11.0 Å². The van der Waals surface area contributed by atoms with E-state index in [1.165, 1.54) is 45.2 Å². The predicted molar refractivity (Wildman–Crippen MR) is 122 cm³/mol. The van der Waals surface area contributed by atoms with Gasteiger partial charge in [-0.05, 0) is 44.0 Å². The highest BCUT2D eigenvalue weighted by Crippen LogP contribution is 2.25. The third-order valence-electron chi connectivity index (χ3n) is 6.91. The van der Waals surface area contributed by atoms with Gasteiger partial charge in [-0.3, -0.25) is 14.3 Å². The van der Waals surface area contributed by atoms with Crippen molar-refractivity contribution in [2.45, 2.75) is 51.1 Å². The van der Waals surface area contributed by atoms with Gasteiger partial charge in [0.25, 0.3) is 5.56 Å². The van der Waals surface area contributed by atoms with Crippen LogP contribution >= 0.6 is 11.6 Å². The van der Waals surface area contributed by atoms with E-state index in [9.17, 15) is 4.79 Å². The first-order valence-electron chi connectivity index (χ1n) is 11.3. The number of nitrogens with zero attached hydrogens (tertiary/aromatic N) is 4. The van der Waals surface area contributed by atoms with Gasteiger partial charge in [-0.1, -0.05) is 30.9 Å². The van der Waals surface area contributed by atoms with Gasteiger partial charge < -0.3 is 9.88 Å². The Kier molecular flexibility index (Phi) is 5.81. The Morgan fingerprint density at radius 2 is 1.87 bits per heavy atom. The van der Waals surface area contributed by atoms with E-state index in [0.29, 0.717) is 22.6 Å². The second-order valence-electron chi connectivity index (χ2n) is 8.80. The van der Waals surface area contributed by atoms with Crippen LogP contribution in [0.4, 0.5) is 0 Å². The average Bonchev–Trinajstić information content (AvgIpc) is 3.15. The normalized spacial score (nSPS) is 19.8. The summed E-state index contributed by atoms with van der Waals surface area (Å²) in [4.78, 5) is 25.9. The van der Waals surface area contributed by atoms with Crippen LogP contribution in [0.25, 0.3) is 21.9 Å². The van der Waals surface area contributed by atoms with Crippen LogP contribution < -0.4 is 5.56 Å². The first-order valence-corrected chi connectivity index (χ1v) is 11.7. The van der Waals surface area contributed by atoms with Gasteiger partial charge in [-0.2, -0.15) is 0 Å². The molecule has 1 aliphatic heterocycles. The molecule has 3 heterocycles. The standard InChI is InChI=1S/C23H30ClN5O/c24-17-7-8-20-19(15-17)21-22(26-20)23(30)29(16-25-21)10-4-9-27-11-13-28(14-12-27)18-5-2-1-3-6-18/h7-8,15-16,18,26H,1-6,9-14H2. The number of hydrogen-bond donors (Lipinski definition) is 1. The molecule has 0 spiro atoms. The Hall–Kier alpha value is -1.89. The topological polar surface area (TPSA) is 57.2 Å². The lowest BCUT2D eigenvalue weighted by Gasteiger charge is -2.40. The van der Waals surface area contributed by atoms with Gasteiger partial charge in [-0.25, -0.2) is 4.98 Å². The molecule has 0 radical (unpaired) electrons. The molecule has 0 atom stereocenters. The summed E-state index contributed by atoms with van der Waals surface area (Å²) in [6.07, 6.45) is 9.64. The highest BCUT2D eigenvalue weighted by molar-refractivity contribution is 6.31. The molecule has 1 saturated heterocycles. The summed E-state index contributed by atoms with van der Waals surface area (Å²) in [7, 11) is 0. The summed E-state index contributed by atoms with van der Waals surface area (Å²) in [6.45, 7) is 6.40. The number of piperazine rings is 1. The Morgan fingerprint density at radius 3 is 2.67 bits per heavy atom. The van der Waals surface area contributed by atoms with E-state index in [0.717, 1.165) is 43.0 Å². The molecule has 30 heavy (non-hydrogen) atoms. The Bertz CT molecular complexity index is 1080. The molecule has 1 aliphatic carbocycles. The van der Waals surface area contributed by atoms with Crippen molar-refractivity contribution in [3.8, 4) is 0 Å². The molecule has 5 rings (SSSR count). The highest BCUT2D eigenvalue weighted by atomic mass is 35.5. The Balaban J connectivity index is 1.18. The van der Waals surface area contributed by atoms with Crippen molar-refractivity contribution in [1.29, 1.82) is 0 Å². The van der Waals surface area contributed by atoms with Gasteiger partial charge >= 0.3 is 0 Å². The average molecular weight is 428 g/mol. The van der Waals surface area contributed by atoms with Crippen molar-refractivity contribution in [3.63, 3.8) is 0 Å². The number of H-pyrrole nitrogens is 1. The molecule has 1 N–H and O–H groups in total. The minimum atomic E-state index is -0.00515. The third kappa shape index (κ3) is 4.01. The van der Waals surface area contributed by atoms with E-state index in [1.807, 2.05) is 18.2 Å². The fourth-order valence-electron chi connectivity index (χ4n) is 5.18. The fourth-order valence-corrected chi connectivity index (χ4v) is 5.36. The van der Waals surface area contributed by atoms with Crippen molar-refractivity contribution in [3.05, 3.63) is 39.9 Å². The van der Waals surface area contributed by atoms with Crippen molar-refractivity contribution in [2.24, 2.45) is 0 Å². The zero-order valence-corrected chi connectivity index (χ0v) is 18.2. The van der Waals surface area contributed by atoms with Gasteiger partial charge in [0, 0.05) is 54.7 Å². The van der Waals surface area contributed by atoms with E-state index >= 15 is 0 Å². The molecule has 160 valence electrons. The number of fused-ring (bicyclic) bond motifs is 3. The molecule has 3 aromatic rings. The van der Waals surface area contributed by atoms with Crippen LogP contribution in [0.1, 0.15) is 38.5 Å². The predicted octanol–water partition coefficient (Wildman–Crippen LogP) is 3.87. The van der Waals surface area contributed by atoms with Crippen molar-refractivity contribution in [1.82, 2.24) is 24.3 Å². The summed E-state index contributed by atoms with van der Waals surface area (Å²) in [5.74, 6) is 0. The first kappa shape index (κ1) is 20.0. The van der Waals surface area contributed by atoms with Gasteiger partial charge in [0.15, 0.2) is 0 Å². The zero-order chi connectivity index (χ0) is 20.5. The molecular weight excluding hydrogens is 398 g/mol. The molecule has 0 amide bonds. The lowest BCUT2D eigenvalue weighted by Crippen LogP contribution is -2.50. The number of aromatic amines is 1. The zero-order valence-electron chi connectivity index (χ0n) is 17.4. The molecule has 2 aliphatic rings. The maximum atomic E-state index is 12.9. The van der Waals surface area contributed by atoms with E-state index in [-0.39, 0.29) is 5.56 Å². The first-order chi connectivity index (χ1) is 14.7. The van der Waals surface area contributed by atoms with Crippen LogP contribution in [-0.4, -0.2) is 63.1 Å². The van der Waals surface area contributed by atoms with E-state index in [4.69, 9.17) is 11.6 Å². The molecule has 7 heteroatoms. The molecule has 1 aromatic carbocycles. The summed E-state index contributed by atoms with van der Waals surface area (Å²) in [5, 5.41) is 1.55. The summed E-state index contributed by atoms with van der Waals surface area (Å²) < 4.78 is 1.73. The van der Waals surface area contributed by atoms with E-state index in [1.54, 1.807) is 10.9 Å². The van der Waals surface area contributed by atoms with E-state index in [2.05, 4.69) is 19.8 Å². The Morgan fingerprint density at radius 1 is 1.07 bits per heavy atom. The molecule has 0 unspecified atom stereocenters. The number of aromatic nitrogens is 3. The number of benzene rings is 1. The number of nitrogens with one attached hydrogen (secondary N) is 1. The van der Waals surface area contributed by atoms with Crippen LogP contribution in [0.5, 0.6) is 0 Å². The smallest absolute Gasteiger partial charge is 0.277 e. The third-order valence-corrected chi connectivity index (χ3v) is 7.14.